The van der Waals surface area contributed by atoms with Crippen molar-refractivity contribution < 1.29 is 4.28 Å². The van der Waals surface area contributed by atoms with E-state index in [2.05, 4.69) is 56.4 Å². The van der Waals surface area contributed by atoms with Crippen LogP contribution in [0.15, 0.2) is 65.6 Å². The van der Waals surface area contributed by atoms with Crippen molar-refractivity contribution in [2.24, 2.45) is 11.8 Å². The second kappa shape index (κ2) is 13.9. The number of hydrogen-bond acceptors (Lipinski definition) is 8. The minimum atomic E-state index is 0. The van der Waals surface area contributed by atoms with Crippen LogP contribution < -0.4 is 15.5 Å². The van der Waals surface area contributed by atoms with Gasteiger partial charge in [0.15, 0.2) is 5.13 Å². The number of rotatable bonds is 10. The van der Waals surface area contributed by atoms with Gasteiger partial charge in [0.25, 0.3) is 0 Å². The molecule has 6 nitrogen and oxygen atoms in total. The smallest absolute Gasteiger partial charge is 0.187 e. The number of aromatic nitrogens is 1. The molecule has 0 saturated heterocycles. The summed E-state index contributed by atoms with van der Waals surface area (Å²) in [4.78, 5) is 4.66. The molecule has 1 fully saturated rings. The molecule has 3 aromatic rings. The molecule has 0 atom stereocenters. The molecule has 1 aromatic heterocycles. The van der Waals surface area contributed by atoms with Gasteiger partial charge in [0.05, 0.1) is 11.4 Å². The number of nitrogens with zero attached hydrogens (tertiary/aromatic N) is 2. The molecule has 2 aromatic carbocycles. The van der Waals surface area contributed by atoms with Crippen LogP contribution in [-0.2, 0) is 10.7 Å². The molecule has 1 heterocycles. The average Bonchev–Trinajstić information content (AvgIpc) is 3.32. The Morgan fingerprint density at radius 3 is 2.44 bits per heavy atom. The van der Waals surface area contributed by atoms with Crippen molar-refractivity contribution >= 4 is 59.3 Å². The Morgan fingerprint density at radius 1 is 1.14 bits per heavy atom. The van der Waals surface area contributed by atoms with Crippen LogP contribution in [0.25, 0.3) is 5.70 Å². The van der Waals surface area contributed by atoms with E-state index in [-0.39, 0.29) is 13.5 Å². The number of nitrogens with one attached hydrogen (secondary N) is 2. The van der Waals surface area contributed by atoms with Crippen molar-refractivity contribution in [2.45, 2.75) is 45.4 Å². The van der Waals surface area contributed by atoms with E-state index in [9.17, 15) is 5.41 Å². The highest BCUT2D eigenvalue weighted by atomic mass is 32.2. The van der Waals surface area contributed by atoms with E-state index in [1.54, 1.807) is 11.3 Å². The Kier molecular flexibility index (Phi) is 10.9. The van der Waals surface area contributed by atoms with Crippen LogP contribution in [0.1, 0.15) is 48.9 Å². The van der Waals surface area contributed by atoms with E-state index >= 15 is 0 Å². The molecule has 0 aliphatic heterocycles. The third-order valence-corrected chi connectivity index (χ3v) is 7.79. The topological polar surface area (TPSA) is 87.3 Å². The van der Waals surface area contributed by atoms with Gasteiger partial charge < -0.3 is 10.7 Å². The molecule has 4 N–H and O–H groups in total. The highest BCUT2D eigenvalue weighted by Gasteiger charge is 2.24. The van der Waals surface area contributed by atoms with Gasteiger partial charge in [-0.3, -0.25) is 4.31 Å². The summed E-state index contributed by atoms with van der Waals surface area (Å²) in [7, 11) is 1.91. The van der Waals surface area contributed by atoms with Crippen molar-refractivity contribution in [3.63, 3.8) is 0 Å². The van der Waals surface area contributed by atoms with E-state index in [0.717, 1.165) is 69.7 Å². The molecule has 0 spiro atoms. The summed E-state index contributed by atoms with van der Waals surface area (Å²) in [6.45, 7) is 2.01. The summed E-state index contributed by atoms with van der Waals surface area (Å²) in [6, 6.07) is 18.7. The van der Waals surface area contributed by atoms with E-state index in [0.29, 0.717) is 12.3 Å². The van der Waals surface area contributed by atoms with Gasteiger partial charge in [-0.1, -0.05) is 61.7 Å². The first-order chi connectivity index (χ1) is 17.0. The number of aryl methyl sites for hydroxylation is 1. The Bertz CT molecular complexity index is 1140. The third-order valence-electron chi connectivity index (χ3n) is 6.39. The Balaban J connectivity index is 0.00000361. The quantitative estimate of drug-likeness (QED) is 0.110. The van der Waals surface area contributed by atoms with Gasteiger partial charge in [-0.25, -0.2) is 15.2 Å². The summed E-state index contributed by atoms with van der Waals surface area (Å²) in [5, 5.41) is 15.9. The Labute approximate surface area is 229 Å². The minimum absolute atomic E-state index is 0. The molecular formula is C27H35N5OS3. The van der Waals surface area contributed by atoms with Gasteiger partial charge in [0, 0.05) is 41.7 Å². The third kappa shape index (κ3) is 7.36. The second-order valence-corrected chi connectivity index (χ2v) is 10.6. The monoisotopic (exact) mass is 541 g/mol. The number of hydrogen-bond donors (Lipinski definition) is 3. The van der Waals surface area contributed by atoms with Crippen LogP contribution in [-0.4, -0.2) is 17.7 Å². The fourth-order valence-corrected chi connectivity index (χ4v) is 5.57. The van der Waals surface area contributed by atoms with Gasteiger partial charge >= 0.3 is 0 Å². The van der Waals surface area contributed by atoms with Crippen LogP contribution in [0, 0.1) is 18.3 Å². The summed E-state index contributed by atoms with van der Waals surface area (Å²) < 4.78 is 6.55. The lowest BCUT2D eigenvalue weighted by atomic mass is 9.80. The maximum Gasteiger partial charge on any atom is 0.187 e. The molecule has 192 valence electrons. The second-order valence-electron chi connectivity index (χ2n) is 8.90. The molecule has 0 radical (unpaired) electrons. The maximum absolute atomic E-state index is 9.35. The summed E-state index contributed by atoms with van der Waals surface area (Å²) in [5.74, 6) is 5.49. The molecule has 1 aliphatic rings. The van der Waals surface area contributed by atoms with Crippen LogP contribution >= 0.6 is 37.1 Å². The lowest BCUT2D eigenvalue weighted by Gasteiger charge is -2.26. The predicted octanol–water partition coefficient (Wildman–Crippen LogP) is 7.12. The number of thiazole rings is 1. The van der Waals surface area contributed by atoms with E-state index in [1.807, 2.05) is 36.5 Å². The molecule has 0 bridgehead atoms. The first kappa shape index (κ1) is 28.3. The Morgan fingerprint density at radius 2 is 1.83 bits per heavy atom. The summed E-state index contributed by atoms with van der Waals surface area (Å²) in [6.07, 6.45) is 6.50. The zero-order valence-corrected chi connectivity index (χ0v) is 23.4. The summed E-state index contributed by atoms with van der Waals surface area (Å²) >= 11 is 2.68. The molecule has 0 unspecified atom stereocenters. The standard InChI is InChI=1S/C27H33N5OS2.H2S/c1-19-18-34-27(30-19)31-26(22-11-7-4-8-12-22)24(25(28)21-9-5-3-6-10-21)17-20-13-15-23(16-14-20)32(2)35-33-29;/h4,7-8,11-16,18,21,28H,3,5-6,9-10,17,29H2,1-2H3,(H,30,31);1H2/b26-24-,28-25?;. The maximum atomic E-state index is 9.35. The summed E-state index contributed by atoms with van der Waals surface area (Å²) in [5.41, 5.74) is 6.98. The van der Waals surface area contributed by atoms with E-state index < -0.39 is 0 Å². The Hall–Kier alpha value is -2.30. The van der Waals surface area contributed by atoms with Crippen LogP contribution in [0.4, 0.5) is 10.8 Å². The highest BCUT2D eigenvalue weighted by molar-refractivity contribution is 7.96. The van der Waals surface area contributed by atoms with Crippen molar-refractivity contribution in [2.75, 3.05) is 16.7 Å². The molecule has 0 amide bonds. The van der Waals surface area contributed by atoms with Crippen molar-refractivity contribution in [1.29, 1.82) is 5.41 Å². The van der Waals surface area contributed by atoms with Crippen LogP contribution in [0.5, 0.6) is 0 Å². The van der Waals surface area contributed by atoms with Gasteiger partial charge in [-0.15, -0.1) is 11.3 Å². The molecule has 36 heavy (non-hydrogen) atoms. The first-order valence-corrected chi connectivity index (χ1v) is 13.6. The normalized spacial score (nSPS) is 14.5. The van der Waals surface area contributed by atoms with Crippen molar-refractivity contribution in [3.05, 3.63) is 82.4 Å². The van der Waals surface area contributed by atoms with E-state index in [1.165, 1.54) is 19.3 Å². The average molecular weight is 542 g/mol. The largest absolute Gasteiger partial charge is 0.331 e. The molecule has 4 rings (SSSR count). The van der Waals surface area contributed by atoms with E-state index in [4.69, 9.17) is 5.90 Å². The van der Waals surface area contributed by atoms with Gasteiger partial charge in [-0.05, 0) is 43.0 Å². The molecular weight excluding hydrogens is 507 g/mol. The fraction of sp³-hybridized carbons (Fsp3) is 0.333. The molecule has 1 aliphatic carbocycles. The van der Waals surface area contributed by atoms with Crippen molar-refractivity contribution in [1.82, 2.24) is 4.98 Å². The minimum Gasteiger partial charge on any atom is -0.331 e. The fourth-order valence-electron chi connectivity index (χ4n) is 4.54. The molecule has 9 heteroatoms. The van der Waals surface area contributed by atoms with Crippen LogP contribution in [0.2, 0.25) is 0 Å². The van der Waals surface area contributed by atoms with Gasteiger partial charge in [0.2, 0.25) is 0 Å². The van der Waals surface area contributed by atoms with Crippen molar-refractivity contribution in [3.8, 4) is 0 Å². The number of allylic oxidation sites excluding steroid dienone is 1. The predicted molar refractivity (Wildman–Crippen MR) is 160 cm³/mol. The first-order valence-electron chi connectivity index (χ1n) is 12.0. The zero-order chi connectivity index (χ0) is 24.6. The number of benzene rings is 2. The van der Waals surface area contributed by atoms with Crippen LogP contribution in [0.3, 0.4) is 0 Å². The number of anilines is 2. The van der Waals surface area contributed by atoms with Gasteiger partial charge in [0.1, 0.15) is 12.2 Å². The van der Waals surface area contributed by atoms with Gasteiger partial charge in [-0.2, -0.15) is 13.5 Å². The lowest BCUT2D eigenvalue weighted by molar-refractivity contribution is 0.397. The highest BCUT2D eigenvalue weighted by Crippen LogP contribution is 2.33. The number of nitrogens with two attached hydrogens (primary N) is 1. The zero-order valence-electron chi connectivity index (χ0n) is 20.8. The molecule has 1 saturated carbocycles. The SMILES string of the molecule is Cc1csc(N/C(=C(/Cc2ccc(N(C)SON)cc2)C(=N)C2CCCCC2)c2ccccc2)n1.S. The lowest BCUT2D eigenvalue weighted by Crippen LogP contribution is -2.22.